The van der Waals surface area contributed by atoms with Crippen LogP contribution in [0.5, 0.6) is 11.5 Å². The highest BCUT2D eigenvalue weighted by Gasteiger charge is 2.20. The zero-order valence-corrected chi connectivity index (χ0v) is 24.3. The van der Waals surface area contributed by atoms with E-state index in [4.69, 9.17) is 9.47 Å². The summed E-state index contributed by atoms with van der Waals surface area (Å²) in [6.07, 6.45) is 1.44. The van der Waals surface area contributed by atoms with Crippen LogP contribution in [-0.2, 0) is 0 Å². The van der Waals surface area contributed by atoms with Gasteiger partial charge in [-0.1, -0.05) is 58.4 Å². The number of rotatable bonds is 7. The van der Waals surface area contributed by atoms with Crippen LogP contribution < -0.4 is 14.9 Å². The molecule has 5 aromatic rings. The quantitative estimate of drug-likeness (QED) is 0.0621. The molecule has 0 atom stereocenters. The number of H-pyrrole nitrogens is 1. The lowest BCUT2D eigenvalue weighted by Gasteiger charge is -2.09. The second kappa shape index (κ2) is 11.8. The van der Waals surface area contributed by atoms with E-state index in [1.807, 2.05) is 48.5 Å². The number of hydrogen-bond donors (Lipinski definition) is 2. The summed E-state index contributed by atoms with van der Waals surface area (Å²) < 4.78 is 12.5. The third-order valence-electron chi connectivity index (χ3n) is 5.94. The van der Waals surface area contributed by atoms with Gasteiger partial charge >= 0.3 is 5.97 Å². The average Bonchev–Trinajstić information content (AvgIpc) is 3.36. The van der Waals surface area contributed by atoms with Crippen LogP contribution in [0.2, 0.25) is 0 Å². The second-order valence-electron chi connectivity index (χ2n) is 8.40. The van der Waals surface area contributed by atoms with Crippen molar-refractivity contribution in [3.05, 3.63) is 116 Å². The van der Waals surface area contributed by atoms with Gasteiger partial charge in [-0.2, -0.15) is 5.10 Å². The molecule has 39 heavy (non-hydrogen) atoms. The molecule has 0 aliphatic carbocycles. The lowest BCUT2D eigenvalue weighted by atomic mass is 10.0. The van der Waals surface area contributed by atoms with Crippen LogP contribution in [0.25, 0.3) is 22.0 Å². The van der Waals surface area contributed by atoms with Crippen LogP contribution in [-0.4, -0.2) is 30.2 Å². The Bertz CT molecular complexity index is 1700. The highest BCUT2D eigenvalue weighted by Crippen LogP contribution is 2.34. The molecule has 4 aromatic carbocycles. The summed E-state index contributed by atoms with van der Waals surface area (Å²) in [5.74, 6) is 0.00345. The first-order valence-corrected chi connectivity index (χ1v) is 13.7. The Labute approximate surface area is 246 Å². The summed E-state index contributed by atoms with van der Waals surface area (Å²) in [7, 11) is 1.56. The molecule has 1 heterocycles. The number of aromatic nitrogens is 1. The standard InChI is InChI=1S/C30H21BrIN3O4/c1-38-22-13-10-19(11-14-22)30(37)39-25-15-12-21(31)16-20(25)17-33-35-29(36)28-26(18-6-3-2-4-7-18)23-8-5-9-24(32)27(23)34-28/h2-17,34H,1H3,(H,35,36). The molecular weight excluding hydrogens is 673 g/mol. The fourth-order valence-electron chi connectivity index (χ4n) is 4.07. The zero-order chi connectivity index (χ0) is 27.4. The van der Waals surface area contributed by atoms with Crippen molar-refractivity contribution in [1.82, 2.24) is 10.4 Å². The highest BCUT2D eigenvalue weighted by molar-refractivity contribution is 14.1. The van der Waals surface area contributed by atoms with Crippen molar-refractivity contribution >= 4 is 67.5 Å². The van der Waals surface area contributed by atoms with Crippen molar-refractivity contribution in [3.63, 3.8) is 0 Å². The van der Waals surface area contributed by atoms with Gasteiger partial charge in [0.1, 0.15) is 17.2 Å². The number of halogens is 2. The number of nitrogens with zero attached hydrogens (tertiary/aromatic N) is 1. The fourth-order valence-corrected chi connectivity index (χ4v) is 5.08. The van der Waals surface area contributed by atoms with Gasteiger partial charge in [0.2, 0.25) is 0 Å². The summed E-state index contributed by atoms with van der Waals surface area (Å²) in [5.41, 5.74) is 6.48. The second-order valence-corrected chi connectivity index (χ2v) is 10.5. The van der Waals surface area contributed by atoms with Crippen molar-refractivity contribution in [2.24, 2.45) is 5.10 Å². The number of aromatic amines is 1. The van der Waals surface area contributed by atoms with E-state index >= 15 is 0 Å². The van der Waals surface area contributed by atoms with Crippen molar-refractivity contribution in [3.8, 4) is 22.6 Å². The Hall–Kier alpha value is -3.96. The predicted octanol–water partition coefficient (Wildman–Crippen LogP) is 7.19. The maximum Gasteiger partial charge on any atom is 0.343 e. The van der Waals surface area contributed by atoms with Crippen LogP contribution in [0, 0.1) is 3.57 Å². The van der Waals surface area contributed by atoms with Gasteiger partial charge < -0.3 is 14.5 Å². The minimum Gasteiger partial charge on any atom is -0.497 e. The number of benzene rings is 4. The van der Waals surface area contributed by atoms with Gasteiger partial charge in [0.25, 0.3) is 5.91 Å². The van der Waals surface area contributed by atoms with Crippen LogP contribution in [0.4, 0.5) is 0 Å². The Balaban J connectivity index is 1.40. The zero-order valence-electron chi connectivity index (χ0n) is 20.6. The molecule has 0 unspecified atom stereocenters. The molecule has 5 rings (SSSR count). The molecule has 1 aromatic heterocycles. The van der Waals surface area contributed by atoms with E-state index in [-0.39, 0.29) is 0 Å². The molecule has 9 heteroatoms. The molecule has 0 aliphatic heterocycles. The molecule has 0 saturated carbocycles. The molecule has 0 saturated heterocycles. The summed E-state index contributed by atoms with van der Waals surface area (Å²) in [6.45, 7) is 0. The number of fused-ring (bicyclic) bond motifs is 1. The number of carbonyl (C=O) groups is 2. The number of nitrogens with one attached hydrogen (secondary N) is 2. The van der Waals surface area contributed by atoms with Gasteiger partial charge in [-0.05, 0) is 76.7 Å². The van der Waals surface area contributed by atoms with E-state index in [1.165, 1.54) is 6.21 Å². The number of para-hydroxylation sites is 1. The van der Waals surface area contributed by atoms with E-state index < -0.39 is 11.9 Å². The van der Waals surface area contributed by atoms with Gasteiger partial charge in [-0.25, -0.2) is 10.2 Å². The van der Waals surface area contributed by atoms with Crippen LogP contribution in [0.1, 0.15) is 26.4 Å². The number of carbonyl (C=O) groups excluding carboxylic acids is 2. The Morgan fingerprint density at radius 2 is 1.74 bits per heavy atom. The number of amides is 1. The van der Waals surface area contributed by atoms with Crippen molar-refractivity contribution in [1.29, 1.82) is 0 Å². The molecule has 2 N–H and O–H groups in total. The Morgan fingerprint density at radius 1 is 0.974 bits per heavy atom. The summed E-state index contributed by atoms with van der Waals surface area (Å²) >= 11 is 5.68. The van der Waals surface area contributed by atoms with E-state index in [0.717, 1.165) is 30.1 Å². The number of hydrazone groups is 1. The van der Waals surface area contributed by atoms with Crippen LogP contribution in [0.3, 0.4) is 0 Å². The number of methoxy groups -OCH3 is 1. The predicted molar refractivity (Wildman–Crippen MR) is 164 cm³/mol. The molecule has 0 radical (unpaired) electrons. The largest absolute Gasteiger partial charge is 0.497 e. The molecule has 0 aliphatic rings. The first kappa shape index (κ1) is 26.6. The Kier molecular flexibility index (Phi) is 8.08. The topological polar surface area (TPSA) is 92.8 Å². The van der Waals surface area contributed by atoms with E-state index in [1.54, 1.807) is 49.6 Å². The lowest BCUT2D eigenvalue weighted by molar-refractivity contribution is 0.0734. The SMILES string of the molecule is COc1ccc(C(=O)Oc2ccc(Br)cc2C=NNC(=O)c2[nH]c3c(I)cccc3c2-c2ccccc2)cc1. The molecule has 1 amide bonds. The summed E-state index contributed by atoms with van der Waals surface area (Å²) in [4.78, 5) is 29.3. The van der Waals surface area contributed by atoms with Gasteiger partial charge in [-0.3, -0.25) is 4.79 Å². The van der Waals surface area contributed by atoms with Gasteiger partial charge in [0, 0.05) is 24.6 Å². The van der Waals surface area contributed by atoms with Gasteiger partial charge in [0.15, 0.2) is 0 Å². The molecule has 0 spiro atoms. The van der Waals surface area contributed by atoms with Gasteiger partial charge in [-0.15, -0.1) is 0 Å². The van der Waals surface area contributed by atoms with E-state index in [9.17, 15) is 9.59 Å². The first-order valence-electron chi connectivity index (χ1n) is 11.8. The summed E-state index contributed by atoms with van der Waals surface area (Å²) in [6, 6.07) is 27.4. The van der Waals surface area contributed by atoms with E-state index in [0.29, 0.717) is 28.3 Å². The first-order chi connectivity index (χ1) is 18.9. The molecule has 0 bridgehead atoms. The van der Waals surface area contributed by atoms with Crippen molar-refractivity contribution in [2.75, 3.05) is 7.11 Å². The fraction of sp³-hybridized carbons (Fsp3) is 0.0333. The third-order valence-corrected chi connectivity index (χ3v) is 7.33. The third kappa shape index (κ3) is 5.89. The lowest BCUT2D eigenvalue weighted by Crippen LogP contribution is -2.19. The number of esters is 1. The molecular formula is C30H21BrIN3O4. The van der Waals surface area contributed by atoms with Crippen molar-refractivity contribution < 1.29 is 19.1 Å². The highest BCUT2D eigenvalue weighted by atomic mass is 127. The molecule has 7 nitrogen and oxygen atoms in total. The monoisotopic (exact) mass is 693 g/mol. The van der Waals surface area contributed by atoms with Crippen molar-refractivity contribution in [2.45, 2.75) is 0 Å². The smallest absolute Gasteiger partial charge is 0.343 e. The van der Waals surface area contributed by atoms with Crippen LogP contribution in [0.15, 0.2) is 101 Å². The number of ether oxygens (including phenoxy) is 2. The minimum absolute atomic E-state index is 0.294. The average molecular weight is 694 g/mol. The van der Waals surface area contributed by atoms with Gasteiger partial charge in [0.05, 0.1) is 24.4 Å². The minimum atomic E-state index is -0.529. The maximum absolute atomic E-state index is 13.3. The maximum atomic E-state index is 13.3. The normalized spacial score (nSPS) is 11.1. The number of hydrogen-bond acceptors (Lipinski definition) is 5. The summed E-state index contributed by atoms with van der Waals surface area (Å²) in [5, 5.41) is 5.12. The van der Waals surface area contributed by atoms with E-state index in [2.05, 4.69) is 54.0 Å². The molecule has 194 valence electrons. The molecule has 0 fully saturated rings. The Morgan fingerprint density at radius 3 is 2.49 bits per heavy atom. The van der Waals surface area contributed by atoms with Crippen LogP contribution >= 0.6 is 38.5 Å².